The van der Waals surface area contributed by atoms with Gasteiger partial charge in [-0.2, -0.15) is 0 Å². The highest BCUT2D eigenvalue weighted by molar-refractivity contribution is 5.76. The van der Waals surface area contributed by atoms with Gasteiger partial charge >= 0.3 is 5.97 Å². The van der Waals surface area contributed by atoms with Gasteiger partial charge in [-0.1, -0.05) is 301 Å². The number of ether oxygens (including phenoxy) is 1. The number of aliphatic hydroxyl groups is 2. The van der Waals surface area contributed by atoms with Gasteiger partial charge in [0.25, 0.3) is 0 Å². The SMILES string of the molecule is CCCCCCC/C=C\CCCCCCCC(=O)OCCCCCCCCCCCCCC/C=C\CCCCCCCCCCCCCCCCCCC(=O)NC(CO)C(O)CCCCCCCCCCCC. The van der Waals surface area contributed by atoms with Crippen molar-refractivity contribution in [2.75, 3.05) is 13.2 Å². The maximum absolute atomic E-state index is 12.4. The summed E-state index contributed by atoms with van der Waals surface area (Å²) in [5, 5.41) is 23.2. The summed E-state index contributed by atoms with van der Waals surface area (Å²) in [4.78, 5) is 24.5. The molecule has 6 nitrogen and oxygen atoms in total. The van der Waals surface area contributed by atoms with Crippen molar-refractivity contribution >= 4 is 11.9 Å². The second-order valence-electron chi connectivity index (χ2n) is 22.8. The van der Waals surface area contributed by atoms with Gasteiger partial charge in [-0.3, -0.25) is 9.59 Å². The van der Waals surface area contributed by atoms with Gasteiger partial charge in [-0.15, -0.1) is 0 Å². The second-order valence-corrected chi connectivity index (χ2v) is 22.8. The maximum atomic E-state index is 12.4. The molecule has 6 heteroatoms. The summed E-state index contributed by atoms with van der Waals surface area (Å²) in [5.74, 6) is -0.0227. The molecule has 1 amide bonds. The first-order valence-corrected chi connectivity index (χ1v) is 33.1. The number of hydrogen-bond donors (Lipinski definition) is 3. The Balaban J connectivity index is 3.33. The number of esters is 1. The summed E-state index contributed by atoms with van der Waals surface area (Å²) in [6.07, 6.45) is 78.0. The Morgan fingerprint density at radius 1 is 0.370 bits per heavy atom. The molecule has 0 saturated heterocycles. The zero-order chi connectivity index (χ0) is 52.9. The third kappa shape index (κ3) is 59.4. The second kappa shape index (κ2) is 62.9. The molecule has 0 aliphatic rings. The van der Waals surface area contributed by atoms with Gasteiger partial charge < -0.3 is 20.3 Å². The van der Waals surface area contributed by atoms with E-state index in [9.17, 15) is 19.8 Å². The van der Waals surface area contributed by atoms with Crippen LogP contribution in [0.2, 0.25) is 0 Å². The number of aliphatic hydroxyl groups excluding tert-OH is 2. The predicted octanol–water partition coefficient (Wildman–Crippen LogP) is 21.0. The van der Waals surface area contributed by atoms with Crippen LogP contribution >= 0.6 is 0 Å². The Bertz CT molecular complexity index is 1140. The Hall–Kier alpha value is -1.66. The van der Waals surface area contributed by atoms with Crippen LogP contribution in [-0.4, -0.2) is 47.4 Å². The van der Waals surface area contributed by atoms with Crippen molar-refractivity contribution < 1.29 is 24.5 Å². The lowest BCUT2D eigenvalue weighted by Crippen LogP contribution is -2.45. The summed E-state index contributed by atoms with van der Waals surface area (Å²) in [5.41, 5.74) is 0. The molecule has 0 aromatic heterocycles. The Kier molecular flexibility index (Phi) is 61.4. The van der Waals surface area contributed by atoms with Crippen LogP contribution in [0.25, 0.3) is 0 Å². The molecule has 0 bridgehead atoms. The number of allylic oxidation sites excluding steroid dienone is 4. The molecule has 0 heterocycles. The van der Waals surface area contributed by atoms with Crippen molar-refractivity contribution in [3.63, 3.8) is 0 Å². The van der Waals surface area contributed by atoms with Crippen molar-refractivity contribution in [2.45, 2.75) is 379 Å². The van der Waals surface area contributed by atoms with E-state index in [1.54, 1.807) is 0 Å². The van der Waals surface area contributed by atoms with Gasteiger partial charge in [-0.25, -0.2) is 0 Å². The summed E-state index contributed by atoms with van der Waals surface area (Å²) in [7, 11) is 0. The van der Waals surface area contributed by atoms with E-state index in [1.807, 2.05) is 0 Å². The summed E-state index contributed by atoms with van der Waals surface area (Å²) >= 11 is 0. The van der Waals surface area contributed by atoms with Crippen LogP contribution in [0.3, 0.4) is 0 Å². The standard InChI is InChI=1S/C67H129NO5/c1-3-5-7-9-11-13-15-16-38-41-45-49-53-57-61-67(72)73-62-58-54-50-46-42-39-36-34-32-30-28-26-24-22-20-18-17-19-21-23-25-27-29-31-33-35-37-40-44-48-52-56-60-66(71)68-64(63-69)65(70)59-55-51-47-43-14-12-10-8-6-4-2/h15-16,20,22,64-65,69-70H,3-14,17-19,21,23-63H2,1-2H3,(H,68,71)/b16-15-,22-20-. The third-order valence-electron chi connectivity index (χ3n) is 15.5. The van der Waals surface area contributed by atoms with Crippen LogP contribution in [0.5, 0.6) is 0 Å². The highest BCUT2D eigenvalue weighted by Gasteiger charge is 2.20. The Labute approximate surface area is 456 Å². The molecule has 0 rings (SSSR count). The van der Waals surface area contributed by atoms with Crippen LogP contribution in [0.4, 0.5) is 0 Å². The highest BCUT2D eigenvalue weighted by Crippen LogP contribution is 2.18. The maximum Gasteiger partial charge on any atom is 0.305 e. The number of carbonyl (C=O) groups is 2. The minimum Gasteiger partial charge on any atom is -0.466 e. The van der Waals surface area contributed by atoms with Gasteiger partial charge in [0, 0.05) is 12.8 Å². The van der Waals surface area contributed by atoms with Crippen LogP contribution in [0, 0.1) is 0 Å². The van der Waals surface area contributed by atoms with E-state index in [0.717, 1.165) is 44.9 Å². The van der Waals surface area contributed by atoms with Crippen molar-refractivity contribution in [3.05, 3.63) is 24.3 Å². The lowest BCUT2D eigenvalue weighted by Gasteiger charge is -2.22. The average Bonchev–Trinajstić information content (AvgIpc) is 3.39. The Morgan fingerprint density at radius 3 is 0.973 bits per heavy atom. The Morgan fingerprint density at radius 2 is 0.644 bits per heavy atom. The zero-order valence-electron chi connectivity index (χ0n) is 49.4. The molecule has 0 aromatic rings. The number of carbonyl (C=O) groups excluding carboxylic acids is 2. The number of nitrogens with one attached hydrogen (secondary N) is 1. The smallest absolute Gasteiger partial charge is 0.305 e. The molecule has 0 fully saturated rings. The predicted molar refractivity (Wildman–Crippen MR) is 320 cm³/mol. The van der Waals surface area contributed by atoms with Crippen molar-refractivity contribution in [3.8, 4) is 0 Å². The van der Waals surface area contributed by atoms with E-state index in [2.05, 4.69) is 43.5 Å². The monoisotopic (exact) mass is 1030 g/mol. The molecule has 0 aliphatic carbocycles. The van der Waals surface area contributed by atoms with Gasteiger partial charge in [0.15, 0.2) is 0 Å². The van der Waals surface area contributed by atoms with Crippen LogP contribution in [0.15, 0.2) is 24.3 Å². The first kappa shape index (κ1) is 71.3. The first-order chi connectivity index (χ1) is 36.0. The average molecular weight is 1030 g/mol. The normalized spacial score (nSPS) is 12.7. The zero-order valence-corrected chi connectivity index (χ0v) is 49.4. The number of amides is 1. The molecule has 3 N–H and O–H groups in total. The minimum atomic E-state index is -0.660. The molecular formula is C67H129NO5. The van der Waals surface area contributed by atoms with Crippen molar-refractivity contribution in [2.24, 2.45) is 0 Å². The lowest BCUT2D eigenvalue weighted by atomic mass is 10.0. The van der Waals surface area contributed by atoms with Gasteiger partial charge in [0.2, 0.25) is 5.91 Å². The highest BCUT2D eigenvalue weighted by atomic mass is 16.5. The number of unbranched alkanes of at least 4 members (excludes halogenated alkanes) is 47. The van der Waals surface area contributed by atoms with Crippen LogP contribution in [-0.2, 0) is 14.3 Å². The van der Waals surface area contributed by atoms with E-state index >= 15 is 0 Å². The quantitative estimate of drug-likeness (QED) is 0.0320. The van der Waals surface area contributed by atoms with Crippen LogP contribution < -0.4 is 5.32 Å². The lowest BCUT2D eigenvalue weighted by molar-refractivity contribution is -0.143. The van der Waals surface area contributed by atoms with E-state index in [-0.39, 0.29) is 18.5 Å². The first-order valence-electron chi connectivity index (χ1n) is 33.1. The molecule has 0 radical (unpaired) electrons. The summed E-state index contributed by atoms with van der Waals surface area (Å²) < 4.78 is 5.48. The molecule has 2 atom stereocenters. The van der Waals surface area contributed by atoms with Crippen molar-refractivity contribution in [1.82, 2.24) is 5.32 Å². The molecule has 0 aromatic carbocycles. The number of hydrogen-bond acceptors (Lipinski definition) is 5. The van der Waals surface area contributed by atoms with E-state index < -0.39 is 12.1 Å². The van der Waals surface area contributed by atoms with E-state index in [1.165, 1.54) is 289 Å². The molecular weight excluding hydrogens is 899 g/mol. The van der Waals surface area contributed by atoms with Gasteiger partial charge in [0.05, 0.1) is 25.4 Å². The molecule has 432 valence electrons. The van der Waals surface area contributed by atoms with Crippen LogP contribution in [0.1, 0.15) is 367 Å². The molecule has 73 heavy (non-hydrogen) atoms. The summed E-state index contributed by atoms with van der Waals surface area (Å²) in [6.45, 7) is 4.95. The number of rotatable bonds is 62. The third-order valence-corrected chi connectivity index (χ3v) is 15.5. The van der Waals surface area contributed by atoms with Crippen molar-refractivity contribution in [1.29, 1.82) is 0 Å². The van der Waals surface area contributed by atoms with E-state index in [0.29, 0.717) is 25.9 Å². The molecule has 0 aliphatic heterocycles. The fraction of sp³-hybridized carbons (Fsp3) is 0.910. The minimum absolute atomic E-state index is 0.00991. The largest absolute Gasteiger partial charge is 0.466 e. The molecule has 0 saturated carbocycles. The molecule has 0 spiro atoms. The van der Waals surface area contributed by atoms with E-state index in [4.69, 9.17) is 4.74 Å². The summed E-state index contributed by atoms with van der Waals surface area (Å²) in [6, 6.07) is -0.537. The van der Waals surface area contributed by atoms with Gasteiger partial charge in [0.1, 0.15) is 0 Å². The fourth-order valence-corrected chi connectivity index (χ4v) is 10.4. The molecule has 2 unspecified atom stereocenters. The fourth-order valence-electron chi connectivity index (χ4n) is 10.4. The van der Waals surface area contributed by atoms with Gasteiger partial charge in [-0.05, 0) is 77.0 Å². The topological polar surface area (TPSA) is 95.9 Å².